The second-order valence-corrected chi connectivity index (χ2v) is 6.74. The number of aryl methyl sites for hydroxylation is 1. The Bertz CT molecular complexity index is 485. The third-order valence-corrected chi connectivity index (χ3v) is 4.24. The van der Waals surface area contributed by atoms with E-state index < -0.39 is 0 Å². The molecule has 0 radical (unpaired) electrons. The molecule has 21 heavy (non-hydrogen) atoms. The molecule has 4 heteroatoms. The van der Waals surface area contributed by atoms with Gasteiger partial charge in [-0.05, 0) is 38.8 Å². The van der Waals surface area contributed by atoms with E-state index >= 15 is 0 Å². The first-order chi connectivity index (χ1) is 9.88. The second kappa shape index (κ2) is 6.48. The highest BCUT2D eigenvalue weighted by Crippen LogP contribution is 2.17. The molecule has 4 nitrogen and oxygen atoms in total. The van der Waals surface area contributed by atoms with Crippen molar-refractivity contribution in [2.75, 3.05) is 31.9 Å². The number of amides is 1. The fraction of sp³-hybridized carbons (Fsp3) is 0.588. The largest absolute Gasteiger partial charge is 0.399 e. The summed E-state index contributed by atoms with van der Waals surface area (Å²) in [5.74, 6) is 0.242. The summed E-state index contributed by atoms with van der Waals surface area (Å²) >= 11 is 0. The Morgan fingerprint density at radius 2 is 1.76 bits per heavy atom. The Labute approximate surface area is 127 Å². The van der Waals surface area contributed by atoms with Gasteiger partial charge in [-0.1, -0.05) is 18.2 Å². The summed E-state index contributed by atoms with van der Waals surface area (Å²) in [6.45, 7) is 10.3. The van der Waals surface area contributed by atoms with Crippen molar-refractivity contribution in [3.05, 3.63) is 29.8 Å². The van der Waals surface area contributed by atoms with Crippen molar-refractivity contribution < 1.29 is 4.79 Å². The van der Waals surface area contributed by atoms with Gasteiger partial charge >= 0.3 is 0 Å². The van der Waals surface area contributed by atoms with E-state index in [1.54, 1.807) is 0 Å². The predicted molar refractivity (Wildman–Crippen MR) is 87.1 cm³/mol. The molecule has 0 saturated carbocycles. The van der Waals surface area contributed by atoms with Crippen LogP contribution in [-0.2, 0) is 11.2 Å². The smallest absolute Gasteiger partial charge is 0.222 e. The minimum absolute atomic E-state index is 0.188. The van der Waals surface area contributed by atoms with Gasteiger partial charge in [0.1, 0.15) is 0 Å². The fourth-order valence-corrected chi connectivity index (χ4v) is 2.79. The quantitative estimate of drug-likeness (QED) is 0.867. The van der Waals surface area contributed by atoms with Crippen LogP contribution in [0.2, 0.25) is 0 Å². The van der Waals surface area contributed by atoms with Crippen LogP contribution < -0.4 is 5.73 Å². The van der Waals surface area contributed by atoms with Crippen LogP contribution in [0.1, 0.15) is 32.8 Å². The van der Waals surface area contributed by atoms with Crippen molar-refractivity contribution in [1.82, 2.24) is 9.80 Å². The Morgan fingerprint density at radius 3 is 2.33 bits per heavy atom. The molecule has 0 unspecified atom stereocenters. The zero-order chi connectivity index (χ0) is 15.5. The first kappa shape index (κ1) is 15.8. The highest BCUT2D eigenvalue weighted by molar-refractivity contribution is 5.76. The lowest BCUT2D eigenvalue weighted by atomic mass is 10.0. The van der Waals surface area contributed by atoms with Gasteiger partial charge in [-0.2, -0.15) is 0 Å². The van der Waals surface area contributed by atoms with Gasteiger partial charge in [0.15, 0.2) is 0 Å². The second-order valence-electron chi connectivity index (χ2n) is 6.74. The molecule has 2 rings (SSSR count). The molecular weight excluding hydrogens is 262 g/mol. The van der Waals surface area contributed by atoms with E-state index in [0.717, 1.165) is 43.9 Å². The van der Waals surface area contributed by atoms with Crippen LogP contribution in [0, 0.1) is 0 Å². The summed E-state index contributed by atoms with van der Waals surface area (Å²) < 4.78 is 0. The molecule has 1 aromatic carbocycles. The van der Waals surface area contributed by atoms with Gasteiger partial charge in [0.2, 0.25) is 5.91 Å². The van der Waals surface area contributed by atoms with Crippen molar-refractivity contribution in [3.8, 4) is 0 Å². The SMILES string of the molecule is CC(C)(C)N1CCN(C(=O)CCc2ccccc2N)CC1. The van der Waals surface area contributed by atoms with E-state index in [-0.39, 0.29) is 11.4 Å². The van der Waals surface area contributed by atoms with Gasteiger partial charge in [0.25, 0.3) is 0 Å². The number of benzene rings is 1. The van der Waals surface area contributed by atoms with E-state index in [1.807, 2.05) is 29.2 Å². The number of hydrogen-bond donors (Lipinski definition) is 1. The predicted octanol–water partition coefficient (Wildman–Crippen LogP) is 2.14. The Morgan fingerprint density at radius 1 is 1.14 bits per heavy atom. The van der Waals surface area contributed by atoms with E-state index in [9.17, 15) is 4.79 Å². The molecule has 1 aromatic rings. The van der Waals surface area contributed by atoms with Crippen LogP contribution in [0.3, 0.4) is 0 Å². The van der Waals surface area contributed by atoms with Crippen LogP contribution in [0.15, 0.2) is 24.3 Å². The van der Waals surface area contributed by atoms with E-state index in [2.05, 4.69) is 25.7 Å². The molecule has 1 heterocycles. The third kappa shape index (κ3) is 4.21. The summed E-state index contributed by atoms with van der Waals surface area (Å²) in [5, 5.41) is 0. The number of piperazine rings is 1. The number of carbonyl (C=O) groups excluding carboxylic acids is 1. The minimum atomic E-state index is 0.188. The van der Waals surface area contributed by atoms with Gasteiger partial charge in [0, 0.05) is 43.8 Å². The topological polar surface area (TPSA) is 49.6 Å². The van der Waals surface area contributed by atoms with Crippen molar-refractivity contribution in [2.24, 2.45) is 0 Å². The molecule has 0 aromatic heterocycles. The van der Waals surface area contributed by atoms with Crippen molar-refractivity contribution in [3.63, 3.8) is 0 Å². The highest BCUT2D eigenvalue weighted by atomic mass is 16.2. The van der Waals surface area contributed by atoms with Crippen LogP contribution >= 0.6 is 0 Å². The fourth-order valence-electron chi connectivity index (χ4n) is 2.79. The lowest BCUT2D eigenvalue weighted by Crippen LogP contribution is -2.54. The number of hydrogen-bond acceptors (Lipinski definition) is 3. The molecule has 2 N–H and O–H groups in total. The standard InChI is InChI=1S/C17H27N3O/c1-17(2,3)20-12-10-19(11-13-20)16(21)9-8-14-6-4-5-7-15(14)18/h4-7H,8-13,18H2,1-3H3. The van der Waals surface area contributed by atoms with Gasteiger partial charge in [-0.15, -0.1) is 0 Å². The van der Waals surface area contributed by atoms with E-state index in [4.69, 9.17) is 5.73 Å². The molecule has 1 amide bonds. The lowest BCUT2D eigenvalue weighted by Gasteiger charge is -2.42. The maximum Gasteiger partial charge on any atom is 0.222 e. The number of anilines is 1. The Balaban J connectivity index is 1.82. The summed E-state index contributed by atoms with van der Waals surface area (Å²) in [5.41, 5.74) is 7.96. The minimum Gasteiger partial charge on any atom is -0.399 e. The number of nitrogens with zero attached hydrogens (tertiary/aromatic N) is 2. The van der Waals surface area contributed by atoms with Crippen molar-refractivity contribution in [1.29, 1.82) is 0 Å². The summed E-state index contributed by atoms with van der Waals surface area (Å²) in [6, 6.07) is 7.78. The first-order valence-electron chi connectivity index (χ1n) is 7.74. The molecule has 0 spiro atoms. The number of rotatable bonds is 3. The molecule has 0 atom stereocenters. The highest BCUT2D eigenvalue weighted by Gasteiger charge is 2.27. The van der Waals surface area contributed by atoms with E-state index in [0.29, 0.717) is 6.42 Å². The lowest BCUT2D eigenvalue weighted by molar-refractivity contribution is -0.133. The van der Waals surface area contributed by atoms with Gasteiger partial charge in [-0.25, -0.2) is 0 Å². The summed E-state index contributed by atoms with van der Waals surface area (Å²) in [4.78, 5) is 16.7. The van der Waals surface area contributed by atoms with Gasteiger partial charge < -0.3 is 10.6 Å². The zero-order valence-corrected chi connectivity index (χ0v) is 13.4. The van der Waals surface area contributed by atoms with Crippen LogP contribution in [0.5, 0.6) is 0 Å². The number of carbonyl (C=O) groups is 1. The normalized spacial score (nSPS) is 17.0. The van der Waals surface area contributed by atoms with Crippen LogP contribution in [-0.4, -0.2) is 47.4 Å². The monoisotopic (exact) mass is 289 g/mol. The molecular formula is C17H27N3O. The zero-order valence-electron chi connectivity index (χ0n) is 13.4. The summed E-state index contributed by atoms with van der Waals surface area (Å²) in [7, 11) is 0. The molecule has 0 bridgehead atoms. The van der Waals surface area contributed by atoms with E-state index in [1.165, 1.54) is 0 Å². The molecule has 1 fully saturated rings. The summed E-state index contributed by atoms with van der Waals surface area (Å²) in [6.07, 6.45) is 1.27. The molecule has 1 aliphatic rings. The Hall–Kier alpha value is -1.55. The Kier molecular flexibility index (Phi) is 4.88. The molecule has 1 aliphatic heterocycles. The average Bonchev–Trinajstić information content (AvgIpc) is 2.45. The van der Waals surface area contributed by atoms with Crippen molar-refractivity contribution >= 4 is 11.6 Å². The van der Waals surface area contributed by atoms with Crippen LogP contribution in [0.4, 0.5) is 5.69 Å². The molecule has 116 valence electrons. The number of para-hydroxylation sites is 1. The van der Waals surface area contributed by atoms with Crippen molar-refractivity contribution in [2.45, 2.75) is 39.2 Å². The molecule has 0 aliphatic carbocycles. The van der Waals surface area contributed by atoms with Crippen LogP contribution in [0.25, 0.3) is 0 Å². The number of nitrogen functional groups attached to an aromatic ring is 1. The molecule has 1 saturated heterocycles. The first-order valence-corrected chi connectivity index (χ1v) is 7.74. The van der Waals surface area contributed by atoms with Gasteiger partial charge in [-0.3, -0.25) is 9.69 Å². The maximum absolute atomic E-state index is 12.3. The maximum atomic E-state index is 12.3. The van der Waals surface area contributed by atoms with Gasteiger partial charge in [0.05, 0.1) is 0 Å². The number of nitrogens with two attached hydrogens (primary N) is 1. The average molecular weight is 289 g/mol. The third-order valence-electron chi connectivity index (χ3n) is 4.24.